The summed E-state index contributed by atoms with van der Waals surface area (Å²) < 4.78 is 51.4. The van der Waals surface area contributed by atoms with Gasteiger partial charge in [0.25, 0.3) is 0 Å². The van der Waals surface area contributed by atoms with Crippen LogP contribution in [0.4, 0.5) is 13.2 Å². The molecule has 1 aliphatic carbocycles. The maximum Gasteiger partial charge on any atom is 0.416 e. The number of ether oxygens (including phenoxy) is 2. The molecule has 3 aliphatic rings. The molecule has 0 saturated carbocycles. The zero-order chi connectivity index (χ0) is 24.0. The largest absolute Gasteiger partial charge is 0.462 e. The Morgan fingerprint density at radius 2 is 2.03 bits per heavy atom. The number of carbonyl (C=O) groups is 2. The normalized spacial score (nSPS) is 27.3. The Balaban J connectivity index is 1.75. The van der Waals surface area contributed by atoms with E-state index >= 15 is 0 Å². The zero-order valence-electron chi connectivity index (χ0n) is 19.0. The van der Waals surface area contributed by atoms with Crippen LogP contribution < -0.4 is 0 Å². The Hall–Kier alpha value is -2.48. The second kappa shape index (κ2) is 8.70. The van der Waals surface area contributed by atoms with Crippen molar-refractivity contribution in [3.8, 4) is 0 Å². The van der Waals surface area contributed by atoms with E-state index in [-0.39, 0.29) is 35.9 Å². The van der Waals surface area contributed by atoms with Gasteiger partial charge in [0.15, 0.2) is 5.78 Å². The van der Waals surface area contributed by atoms with Gasteiger partial charge in [0.2, 0.25) is 0 Å². The molecular weight excluding hydrogens is 435 g/mol. The Labute approximate surface area is 191 Å². The van der Waals surface area contributed by atoms with Gasteiger partial charge in [-0.3, -0.25) is 14.6 Å². The molecule has 0 amide bonds. The van der Waals surface area contributed by atoms with Crippen molar-refractivity contribution in [1.82, 2.24) is 0 Å². The fraction of sp³-hybridized carbons (Fsp3) is 0.560. The highest BCUT2D eigenvalue weighted by Crippen LogP contribution is 2.48. The minimum absolute atomic E-state index is 0.0742. The van der Waals surface area contributed by atoms with E-state index in [1.165, 1.54) is 12.1 Å². The first kappa shape index (κ1) is 23.7. The van der Waals surface area contributed by atoms with Crippen molar-refractivity contribution in [2.75, 3.05) is 13.2 Å². The second-order valence-corrected chi connectivity index (χ2v) is 9.90. The highest BCUT2D eigenvalue weighted by atomic mass is 19.4. The van der Waals surface area contributed by atoms with Crippen molar-refractivity contribution in [2.45, 2.75) is 64.7 Å². The lowest BCUT2D eigenvalue weighted by atomic mass is 9.66. The standard InChI is InChI=1S/C25H28F3NO4/c1-14-20(23(31)33-13-17-8-5-9-32-17)21(15-6-4-7-16(10-15)25(26,27)28)22-18(29-14)11-24(2,3)12-19(22)30/h4,6-7,10,17,20-21H,5,8-9,11-13H2,1-3H3/t17-,20?,21+/m0/s1. The molecule has 5 nitrogen and oxygen atoms in total. The molecule has 0 aromatic heterocycles. The average Bonchev–Trinajstić information content (AvgIpc) is 3.23. The zero-order valence-corrected chi connectivity index (χ0v) is 19.0. The maximum atomic E-state index is 13.5. The summed E-state index contributed by atoms with van der Waals surface area (Å²) in [6.07, 6.45) is -2.30. The maximum absolute atomic E-state index is 13.5. The Bertz CT molecular complexity index is 1020. The van der Waals surface area contributed by atoms with E-state index in [1.807, 2.05) is 13.8 Å². The molecule has 1 fully saturated rings. The van der Waals surface area contributed by atoms with Gasteiger partial charge >= 0.3 is 12.1 Å². The SMILES string of the molecule is CC1=NC2=C(C(=O)CC(C)(C)C2)[C@H](c2cccc(C(F)(F)F)c2)C1C(=O)OC[C@@H]1CCCO1. The average molecular weight is 463 g/mol. The highest BCUT2D eigenvalue weighted by Gasteiger charge is 2.46. The van der Waals surface area contributed by atoms with Crippen molar-refractivity contribution in [3.05, 3.63) is 46.7 Å². The van der Waals surface area contributed by atoms with Crippen LogP contribution in [0.3, 0.4) is 0 Å². The number of halogens is 3. The van der Waals surface area contributed by atoms with Crippen LogP contribution in [0.2, 0.25) is 0 Å². The van der Waals surface area contributed by atoms with Gasteiger partial charge in [0, 0.05) is 35.9 Å². The predicted molar refractivity (Wildman–Crippen MR) is 116 cm³/mol. The molecule has 4 rings (SSSR count). The van der Waals surface area contributed by atoms with Gasteiger partial charge in [0.05, 0.1) is 11.7 Å². The first-order valence-corrected chi connectivity index (χ1v) is 11.2. The number of carbonyl (C=O) groups excluding carboxylic acids is 2. The van der Waals surface area contributed by atoms with E-state index < -0.39 is 29.5 Å². The first-order chi connectivity index (χ1) is 15.5. The molecule has 0 N–H and O–H groups in total. The number of allylic oxidation sites excluding steroid dienone is 2. The number of hydrogen-bond acceptors (Lipinski definition) is 5. The summed E-state index contributed by atoms with van der Waals surface area (Å²) in [5, 5.41) is 0. The third-order valence-corrected chi connectivity index (χ3v) is 6.56. The molecule has 3 atom stereocenters. The van der Waals surface area contributed by atoms with Gasteiger partial charge in [-0.15, -0.1) is 0 Å². The summed E-state index contributed by atoms with van der Waals surface area (Å²) in [6.45, 7) is 6.28. The summed E-state index contributed by atoms with van der Waals surface area (Å²) in [7, 11) is 0. The molecule has 2 aliphatic heterocycles. The van der Waals surface area contributed by atoms with E-state index in [0.717, 1.165) is 25.0 Å². The predicted octanol–water partition coefficient (Wildman–Crippen LogP) is 5.25. The van der Waals surface area contributed by atoms with Crippen LogP contribution in [0, 0.1) is 11.3 Å². The minimum atomic E-state index is -4.54. The van der Waals surface area contributed by atoms with Crippen LogP contribution in [0.15, 0.2) is 40.5 Å². The summed E-state index contributed by atoms with van der Waals surface area (Å²) in [6, 6.07) is 4.86. The van der Waals surface area contributed by atoms with Crippen molar-refractivity contribution in [2.24, 2.45) is 16.3 Å². The molecule has 0 spiro atoms. The lowest BCUT2D eigenvalue weighted by Gasteiger charge is -2.39. The van der Waals surface area contributed by atoms with E-state index in [4.69, 9.17) is 9.47 Å². The third kappa shape index (κ3) is 4.90. The van der Waals surface area contributed by atoms with Gasteiger partial charge in [-0.05, 0) is 43.2 Å². The molecule has 1 saturated heterocycles. The lowest BCUT2D eigenvalue weighted by molar-refractivity contribution is -0.149. The quantitative estimate of drug-likeness (QED) is 0.573. The summed E-state index contributed by atoms with van der Waals surface area (Å²) in [4.78, 5) is 31.1. The molecule has 0 radical (unpaired) electrons. The smallest absolute Gasteiger partial charge is 0.416 e. The second-order valence-electron chi connectivity index (χ2n) is 9.90. The molecule has 1 unspecified atom stereocenters. The fourth-order valence-corrected chi connectivity index (χ4v) is 5.06. The molecule has 1 aromatic carbocycles. The topological polar surface area (TPSA) is 65.0 Å². The Morgan fingerprint density at radius 1 is 1.27 bits per heavy atom. The molecule has 33 heavy (non-hydrogen) atoms. The number of benzene rings is 1. The Morgan fingerprint density at radius 3 is 2.70 bits per heavy atom. The van der Waals surface area contributed by atoms with Crippen LogP contribution in [0.25, 0.3) is 0 Å². The van der Waals surface area contributed by atoms with Crippen LogP contribution in [0.5, 0.6) is 0 Å². The summed E-state index contributed by atoms with van der Waals surface area (Å²) >= 11 is 0. The van der Waals surface area contributed by atoms with E-state index in [1.54, 1.807) is 6.92 Å². The lowest BCUT2D eigenvalue weighted by Crippen LogP contribution is -2.40. The van der Waals surface area contributed by atoms with Gasteiger partial charge in [-0.2, -0.15) is 13.2 Å². The van der Waals surface area contributed by atoms with Gasteiger partial charge in [0.1, 0.15) is 12.5 Å². The van der Waals surface area contributed by atoms with Crippen LogP contribution >= 0.6 is 0 Å². The van der Waals surface area contributed by atoms with E-state index in [0.29, 0.717) is 30.0 Å². The van der Waals surface area contributed by atoms with Crippen LogP contribution in [-0.4, -0.2) is 36.8 Å². The highest BCUT2D eigenvalue weighted by molar-refractivity contribution is 6.09. The molecule has 2 heterocycles. The number of ketones is 1. The number of rotatable bonds is 4. The van der Waals surface area contributed by atoms with Gasteiger partial charge in [-0.1, -0.05) is 32.0 Å². The van der Waals surface area contributed by atoms with E-state index in [2.05, 4.69) is 4.99 Å². The van der Waals surface area contributed by atoms with E-state index in [9.17, 15) is 22.8 Å². The molecule has 1 aromatic rings. The molecular formula is C25H28F3NO4. The van der Waals surface area contributed by atoms with Crippen molar-refractivity contribution in [1.29, 1.82) is 0 Å². The van der Waals surface area contributed by atoms with Crippen LogP contribution in [-0.2, 0) is 25.2 Å². The van der Waals surface area contributed by atoms with Crippen LogP contribution in [0.1, 0.15) is 63.5 Å². The molecule has 178 valence electrons. The van der Waals surface area contributed by atoms with Crippen molar-refractivity contribution >= 4 is 17.5 Å². The number of Topliss-reactive ketones (excluding diaryl/α,β-unsaturated/α-hetero) is 1. The monoisotopic (exact) mass is 463 g/mol. The third-order valence-electron chi connectivity index (χ3n) is 6.56. The number of alkyl halides is 3. The number of hydrogen-bond donors (Lipinski definition) is 0. The molecule has 8 heteroatoms. The first-order valence-electron chi connectivity index (χ1n) is 11.2. The summed E-state index contributed by atoms with van der Waals surface area (Å²) in [5.41, 5.74) is 0.457. The fourth-order valence-electron chi connectivity index (χ4n) is 5.06. The number of aliphatic imine (C=N–C) groups is 1. The van der Waals surface area contributed by atoms with Crippen molar-refractivity contribution in [3.63, 3.8) is 0 Å². The number of esters is 1. The summed E-state index contributed by atoms with van der Waals surface area (Å²) in [5.74, 6) is -2.63. The molecule has 0 bridgehead atoms. The number of nitrogens with zero attached hydrogens (tertiary/aromatic N) is 1. The van der Waals surface area contributed by atoms with Crippen molar-refractivity contribution < 1.29 is 32.2 Å². The van der Waals surface area contributed by atoms with Gasteiger partial charge in [-0.25, -0.2) is 0 Å². The minimum Gasteiger partial charge on any atom is -0.462 e. The Kier molecular flexibility index (Phi) is 6.24. The van der Waals surface area contributed by atoms with Gasteiger partial charge < -0.3 is 9.47 Å².